The van der Waals surface area contributed by atoms with Gasteiger partial charge in [0.05, 0.1) is 11.4 Å². The molecule has 4 nitrogen and oxygen atoms in total. The predicted molar refractivity (Wildman–Crippen MR) is 100 cm³/mol. The molecule has 4 aromatic rings. The minimum atomic E-state index is 0.297. The second-order valence-corrected chi connectivity index (χ2v) is 6.53. The minimum Gasteiger partial charge on any atom is -0.383 e. The molecule has 5 rings (SSSR count). The summed E-state index contributed by atoms with van der Waals surface area (Å²) in [5.74, 6) is 0.536. The molecule has 0 radical (unpaired) electrons. The van der Waals surface area contributed by atoms with Crippen LogP contribution in [0.3, 0.4) is 0 Å². The number of nitrogens with zero attached hydrogens (tertiary/aromatic N) is 3. The fourth-order valence-electron chi connectivity index (χ4n) is 4.01. The lowest BCUT2D eigenvalue weighted by Gasteiger charge is -2.15. The van der Waals surface area contributed by atoms with E-state index >= 15 is 0 Å². The van der Waals surface area contributed by atoms with E-state index in [1.165, 1.54) is 11.1 Å². The van der Waals surface area contributed by atoms with E-state index in [0.29, 0.717) is 11.9 Å². The van der Waals surface area contributed by atoms with Gasteiger partial charge in [0.2, 0.25) is 0 Å². The van der Waals surface area contributed by atoms with Gasteiger partial charge in [0.1, 0.15) is 17.8 Å². The van der Waals surface area contributed by atoms with Crippen molar-refractivity contribution in [2.24, 2.45) is 0 Å². The fourth-order valence-corrected chi connectivity index (χ4v) is 4.01. The number of nitrogens with two attached hydrogens (primary N) is 1. The molecule has 2 heterocycles. The molecule has 1 atom stereocenters. The van der Waals surface area contributed by atoms with Gasteiger partial charge in [-0.3, -0.25) is 0 Å². The van der Waals surface area contributed by atoms with Crippen LogP contribution < -0.4 is 5.73 Å². The van der Waals surface area contributed by atoms with Gasteiger partial charge < -0.3 is 10.3 Å². The van der Waals surface area contributed by atoms with Crippen LogP contribution in [0.1, 0.15) is 23.6 Å². The highest BCUT2D eigenvalue weighted by atomic mass is 15.1. The Labute approximate surface area is 146 Å². The molecule has 1 unspecified atom stereocenters. The maximum atomic E-state index is 6.24. The molecule has 2 aromatic carbocycles. The predicted octanol–water partition coefficient (Wildman–Crippen LogP) is 4.22. The zero-order valence-corrected chi connectivity index (χ0v) is 13.8. The van der Waals surface area contributed by atoms with Crippen LogP contribution in [0.2, 0.25) is 0 Å². The van der Waals surface area contributed by atoms with E-state index in [1.54, 1.807) is 6.33 Å². The first-order chi connectivity index (χ1) is 12.3. The molecule has 0 saturated carbocycles. The number of benzene rings is 2. The highest BCUT2D eigenvalue weighted by Gasteiger charge is 2.26. The van der Waals surface area contributed by atoms with Gasteiger partial charge in [-0.25, -0.2) is 9.97 Å². The van der Waals surface area contributed by atoms with Crippen molar-refractivity contribution < 1.29 is 0 Å². The highest BCUT2D eigenvalue weighted by Crippen LogP contribution is 2.40. The standard InChI is InChI=1S/C21H18N4/c22-20-19-17(14-6-2-1-3-7-14)12-25(21(19)24-13-23-20)18-11-10-15-8-4-5-9-16(15)18/h1-9,12-13,18H,10-11H2,(H2,22,23,24). The number of aryl methyl sites for hydroxylation is 1. The average Bonchev–Trinajstić information content (AvgIpc) is 3.24. The molecule has 2 N–H and O–H groups in total. The van der Waals surface area contributed by atoms with Crippen LogP contribution in [0.25, 0.3) is 22.2 Å². The topological polar surface area (TPSA) is 56.7 Å². The van der Waals surface area contributed by atoms with Gasteiger partial charge in [-0.15, -0.1) is 0 Å². The van der Waals surface area contributed by atoms with Crippen molar-refractivity contribution >= 4 is 16.9 Å². The molecule has 25 heavy (non-hydrogen) atoms. The van der Waals surface area contributed by atoms with E-state index in [-0.39, 0.29) is 0 Å². The highest BCUT2D eigenvalue weighted by molar-refractivity contribution is 6.00. The van der Waals surface area contributed by atoms with Crippen LogP contribution in [-0.4, -0.2) is 14.5 Å². The Morgan fingerprint density at radius 2 is 1.76 bits per heavy atom. The monoisotopic (exact) mass is 326 g/mol. The molecule has 0 amide bonds. The lowest BCUT2D eigenvalue weighted by Crippen LogP contribution is -2.07. The van der Waals surface area contributed by atoms with E-state index in [1.807, 2.05) is 18.2 Å². The molecule has 0 fully saturated rings. The smallest absolute Gasteiger partial charge is 0.146 e. The van der Waals surface area contributed by atoms with Gasteiger partial charge in [0, 0.05) is 11.8 Å². The third kappa shape index (κ3) is 2.14. The summed E-state index contributed by atoms with van der Waals surface area (Å²) in [6, 6.07) is 19.3. The first kappa shape index (κ1) is 14.2. The summed E-state index contributed by atoms with van der Waals surface area (Å²) in [4.78, 5) is 8.81. The Bertz CT molecular complexity index is 1070. The quantitative estimate of drug-likeness (QED) is 0.600. The number of fused-ring (bicyclic) bond motifs is 2. The molecule has 1 aliphatic rings. The number of aromatic nitrogens is 3. The van der Waals surface area contributed by atoms with Gasteiger partial charge in [0.25, 0.3) is 0 Å². The van der Waals surface area contributed by atoms with Crippen molar-refractivity contribution in [2.45, 2.75) is 18.9 Å². The Morgan fingerprint density at radius 3 is 2.64 bits per heavy atom. The van der Waals surface area contributed by atoms with Crippen molar-refractivity contribution in [1.82, 2.24) is 14.5 Å². The third-order valence-corrected chi connectivity index (χ3v) is 5.16. The zero-order valence-electron chi connectivity index (χ0n) is 13.8. The van der Waals surface area contributed by atoms with Gasteiger partial charge in [0.15, 0.2) is 0 Å². The Hall–Kier alpha value is -3.14. The molecule has 2 aromatic heterocycles. The molecule has 0 saturated heterocycles. The molecule has 0 spiro atoms. The largest absolute Gasteiger partial charge is 0.383 e. The average molecular weight is 326 g/mol. The lowest BCUT2D eigenvalue weighted by atomic mass is 10.1. The van der Waals surface area contributed by atoms with Crippen LogP contribution in [-0.2, 0) is 6.42 Å². The molecule has 0 bridgehead atoms. The van der Waals surface area contributed by atoms with Crippen molar-refractivity contribution in [3.05, 3.63) is 78.2 Å². The Kier molecular flexibility index (Phi) is 3.10. The van der Waals surface area contributed by atoms with Gasteiger partial charge in [-0.2, -0.15) is 0 Å². The van der Waals surface area contributed by atoms with E-state index in [2.05, 4.69) is 57.1 Å². The Balaban J connectivity index is 1.77. The van der Waals surface area contributed by atoms with Crippen molar-refractivity contribution in [1.29, 1.82) is 0 Å². The normalized spacial score (nSPS) is 16.2. The molecule has 0 aliphatic heterocycles. The number of rotatable bonds is 2. The summed E-state index contributed by atoms with van der Waals surface area (Å²) in [5, 5.41) is 0.943. The second-order valence-electron chi connectivity index (χ2n) is 6.53. The maximum absolute atomic E-state index is 6.24. The van der Waals surface area contributed by atoms with Crippen molar-refractivity contribution in [3.8, 4) is 11.1 Å². The number of anilines is 1. The van der Waals surface area contributed by atoms with Crippen LogP contribution >= 0.6 is 0 Å². The van der Waals surface area contributed by atoms with Crippen LogP contribution in [0.15, 0.2) is 67.1 Å². The summed E-state index contributed by atoms with van der Waals surface area (Å²) in [6.07, 6.45) is 5.94. The summed E-state index contributed by atoms with van der Waals surface area (Å²) >= 11 is 0. The zero-order chi connectivity index (χ0) is 16.8. The molecule has 1 aliphatic carbocycles. The summed E-state index contributed by atoms with van der Waals surface area (Å²) in [6.45, 7) is 0. The maximum Gasteiger partial charge on any atom is 0.146 e. The molecular formula is C21H18N4. The van der Waals surface area contributed by atoms with Crippen LogP contribution in [0.5, 0.6) is 0 Å². The summed E-state index contributed by atoms with van der Waals surface area (Å²) in [5.41, 5.74) is 12.2. The second kappa shape index (κ2) is 5.45. The SMILES string of the molecule is Nc1ncnc2c1c(-c1ccccc1)cn2C1CCc2ccccc21. The molecule has 4 heteroatoms. The number of hydrogen-bond donors (Lipinski definition) is 1. The summed E-state index contributed by atoms with van der Waals surface area (Å²) in [7, 11) is 0. The van der Waals surface area contributed by atoms with Crippen molar-refractivity contribution in [2.75, 3.05) is 5.73 Å². The van der Waals surface area contributed by atoms with E-state index in [4.69, 9.17) is 5.73 Å². The van der Waals surface area contributed by atoms with E-state index < -0.39 is 0 Å². The Morgan fingerprint density at radius 1 is 0.960 bits per heavy atom. The molecule has 122 valence electrons. The first-order valence-electron chi connectivity index (χ1n) is 8.57. The number of nitrogen functional groups attached to an aromatic ring is 1. The fraction of sp³-hybridized carbons (Fsp3) is 0.143. The van der Waals surface area contributed by atoms with Gasteiger partial charge in [-0.1, -0.05) is 54.6 Å². The van der Waals surface area contributed by atoms with Gasteiger partial charge >= 0.3 is 0 Å². The van der Waals surface area contributed by atoms with Crippen LogP contribution in [0.4, 0.5) is 5.82 Å². The lowest BCUT2D eigenvalue weighted by molar-refractivity contribution is 0.595. The minimum absolute atomic E-state index is 0.297. The van der Waals surface area contributed by atoms with E-state index in [0.717, 1.165) is 35.0 Å². The summed E-state index contributed by atoms with van der Waals surface area (Å²) < 4.78 is 2.28. The number of hydrogen-bond acceptors (Lipinski definition) is 3. The van der Waals surface area contributed by atoms with Crippen molar-refractivity contribution in [3.63, 3.8) is 0 Å². The van der Waals surface area contributed by atoms with Gasteiger partial charge in [-0.05, 0) is 29.5 Å². The van der Waals surface area contributed by atoms with Crippen LogP contribution in [0, 0.1) is 0 Å². The van der Waals surface area contributed by atoms with E-state index in [9.17, 15) is 0 Å². The molecular weight excluding hydrogens is 308 g/mol. The first-order valence-corrected chi connectivity index (χ1v) is 8.57. The third-order valence-electron chi connectivity index (χ3n) is 5.16.